The summed E-state index contributed by atoms with van der Waals surface area (Å²) in [6, 6.07) is -0.703. The summed E-state index contributed by atoms with van der Waals surface area (Å²) in [5, 5.41) is 0. The first-order valence-corrected chi connectivity index (χ1v) is 13.9. The second-order valence-corrected chi connectivity index (χ2v) is 12.3. The van der Waals surface area contributed by atoms with Crippen LogP contribution in [0.1, 0.15) is 72.6 Å². The standard InChI is InChI=1S/C27H46N4O5/c1-19-8-10-20(11-9-19)31(25(33)23-7-6-16-35-23)21-17-22(24(32)29-14-12-28(5)13-15-29)30(18-21)26(34)36-27(2,3)4/h19-23H,6-18H2,1-5H3/t19-,20+,21-,22-,23-/m0/s1. The molecule has 4 fully saturated rings. The Labute approximate surface area is 216 Å². The Morgan fingerprint density at radius 2 is 1.61 bits per heavy atom. The van der Waals surface area contributed by atoms with Crippen LogP contribution in [0, 0.1) is 5.92 Å². The van der Waals surface area contributed by atoms with Crippen LogP contribution in [0.4, 0.5) is 4.79 Å². The van der Waals surface area contributed by atoms with Gasteiger partial charge in [0, 0.05) is 45.4 Å². The van der Waals surface area contributed by atoms with Crippen molar-refractivity contribution < 1.29 is 23.9 Å². The zero-order valence-corrected chi connectivity index (χ0v) is 22.9. The summed E-state index contributed by atoms with van der Waals surface area (Å²) in [5.74, 6) is 0.668. The molecule has 0 spiro atoms. The van der Waals surface area contributed by atoms with Crippen LogP contribution in [0.2, 0.25) is 0 Å². The molecule has 9 nitrogen and oxygen atoms in total. The summed E-state index contributed by atoms with van der Waals surface area (Å²) in [7, 11) is 2.06. The number of piperazine rings is 1. The fourth-order valence-corrected chi connectivity index (χ4v) is 6.13. The highest BCUT2D eigenvalue weighted by molar-refractivity contribution is 5.87. The largest absolute Gasteiger partial charge is 0.444 e. The van der Waals surface area contributed by atoms with Gasteiger partial charge in [-0.05, 0) is 78.7 Å². The molecule has 3 aliphatic heterocycles. The molecular formula is C27H46N4O5. The van der Waals surface area contributed by atoms with Crippen LogP contribution in [-0.2, 0) is 19.1 Å². The highest BCUT2D eigenvalue weighted by atomic mass is 16.6. The number of carbonyl (C=O) groups excluding carboxylic acids is 3. The number of ether oxygens (including phenoxy) is 2. The van der Waals surface area contributed by atoms with Gasteiger partial charge >= 0.3 is 6.09 Å². The van der Waals surface area contributed by atoms with Gasteiger partial charge < -0.3 is 24.2 Å². The van der Waals surface area contributed by atoms with Gasteiger partial charge in [-0.15, -0.1) is 0 Å². The van der Waals surface area contributed by atoms with Crippen LogP contribution < -0.4 is 0 Å². The summed E-state index contributed by atoms with van der Waals surface area (Å²) in [4.78, 5) is 48.6. The van der Waals surface area contributed by atoms with Crippen LogP contribution in [-0.4, -0.2) is 114 Å². The Morgan fingerprint density at radius 3 is 2.19 bits per heavy atom. The molecule has 4 aliphatic rings. The molecule has 0 aromatic carbocycles. The molecule has 1 saturated carbocycles. The van der Waals surface area contributed by atoms with E-state index in [4.69, 9.17) is 9.47 Å². The van der Waals surface area contributed by atoms with Gasteiger partial charge in [0.1, 0.15) is 17.7 Å². The lowest BCUT2D eigenvalue weighted by atomic mass is 9.85. The molecule has 3 saturated heterocycles. The van der Waals surface area contributed by atoms with Gasteiger partial charge in [-0.1, -0.05) is 6.92 Å². The lowest BCUT2D eigenvalue weighted by Crippen LogP contribution is -2.54. The smallest absolute Gasteiger partial charge is 0.411 e. The maximum absolute atomic E-state index is 13.8. The van der Waals surface area contributed by atoms with E-state index in [1.807, 2.05) is 30.6 Å². The van der Waals surface area contributed by atoms with Crippen LogP contribution in [0.3, 0.4) is 0 Å². The number of hydrogen-bond donors (Lipinski definition) is 0. The van der Waals surface area contributed by atoms with Crippen molar-refractivity contribution in [3.8, 4) is 0 Å². The van der Waals surface area contributed by atoms with Crippen LogP contribution in [0.15, 0.2) is 0 Å². The summed E-state index contributed by atoms with van der Waals surface area (Å²) >= 11 is 0. The summed E-state index contributed by atoms with van der Waals surface area (Å²) < 4.78 is 11.5. The first-order valence-electron chi connectivity index (χ1n) is 13.9. The van der Waals surface area contributed by atoms with Crippen molar-refractivity contribution in [2.75, 3.05) is 46.4 Å². The van der Waals surface area contributed by atoms with Gasteiger partial charge in [0.15, 0.2) is 0 Å². The second-order valence-electron chi connectivity index (χ2n) is 12.3. The monoisotopic (exact) mass is 506 g/mol. The molecule has 4 rings (SSSR count). The Hall–Kier alpha value is -1.87. The highest BCUT2D eigenvalue weighted by Crippen LogP contribution is 2.34. The molecule has 3 heterocycles. The van der Waals surface area contributed by atoms with Gasteiger partial charge in [0.25, 0.3) is 5.91 Å². The quantitative estimate of drug-likeness (QED) is 0.583. The predicted molar refractivity (Wildman–Crippen MR) is 136 cm³/mol. The van der Waals surface area contributed by atoms with Crippen molar-refractivity contribution in [2.24, 2.45) is 5.92 Å². The minimum absolute atomic E-state index is 0.0294. The van der Waals surface area contributed by atoms with Crippen molar-refractivity contribution in [2.45, 2.75) is 102 Å². The molecule has 0 aromatic rings. The molecule has 3 amide bonds. The summed E-state index contributed by atoms with van der Waals surface area (Å²) in [5.41, 5.74) is -0.663. The topological polar surface area (TPSA) is 82.6 Å². The van der Waals surface area contributed by atoms with E-state index in [2.05, 4.69) is 18.9 Å². The Bertz CT molecular complexity index is 792. The Morgan fingerprint density at radius 1 is 0.944 bits per heavy atom. The number of carbonyl (C=O) groups is 3. The van der Waals surface area contributed by atoms with E-state index >= 15 is 0 Å². The summed E-state index contributed by atoms with van der Waals surface area (Å²) in [6.07, 6.45) is 5.30. The maximum Gasteiger partial charge on any atom is 0.411 e. The minimum atomic E-state index is -0.663. The third-order valence-electron chi connectivity index (χ3n) is 8.24. The molecule has 0 unspecified atom stereocenters. The number of nitrogens with zero attached hydrogens (tertiary/aromatic N) is 4. The molecular weight excluding hydrogens is 460 g/mol. The third-order valence-corrected chi connectivity index (χ3v) is 8.24. The number of amides is 3. The average Bonchev–Trinajstić information content (AvgIpc) is 3.50. The molecule has 0 aromatic heterocycles. The van der Waals surface area contributed by atoms with Crippen molar-refractivity contribution in [1.29, 1.82) is 0 Å². The molecule has 0 N–H and O–H groups in total. The molecule has 3 atom stereocenters. The molecule has 1 aliphatic carbocycles. The first-order chi connectivity index (χ1) is 17.0. The highest BCUT2D eigenvalue weighted by Gasteiger charge is 2.48. The lowest BCUT2D eigenvalue weighted by molar-refractivity contribution is -0.147. The van der Waals surface area contributed by atoms with Crippen molar-refractivity contribution in [3.05, 3.63) is 0 Å². The normalized spacial score (nSPS) is 32.0. The fourth-order valence-electron chi connectivity index (χ4n) is 6.13. The first kappa shape index (κ1) is 27.2. The van der Waals surface area contributed by atoms with E-state index in [1.165, 1.54) is 0 Å². The number of likely N-dealkylation sites (N-methyl/N-ethyl adjacent to an activating group) is 1. The fraction of sp³-hybridized carbons (Fsp3) is 0.889. The molecule has 0 bridgehead atoms. The number of hydrogen-bond acceptors (Lipinski definition) is 6. The van der Waals surface area contributed by atoms with Crippen LogP contribution >= 0.6 is 0 Å². The second kappa shape index (κ2) is 11.3. The van der Waals surface area contributed by atoms with E-state index in [9.17, 15) is 14.4 Å². The van der Waals surface area contributed by atoms with Crippen molar-refractivity contribution in [1.82, 2.24) is 19.6 Å². The zero-order valence-electron chi connectivity index (χ0n) is 22.9. The number of likely N-dealkylation sites (tertiary alicyclic amines) is 1. The Balaban J connectivity index is 1.58. The van der Waals surface area contributed by atoms with Crippen molar-refractivity contribution >= 4 is 17.9 Å². The molecule has 0 radical (unpaired) electrons. The van der Waals surface area contributed by atoms with Crippen molar-refractivity contribution in [3.63, 3.8) is 0 Å². The Kier molecular flexibility index (Phi) is 8.49. The van der Waals surface area contributed by atoms with Gasteiger partial charge in [-0.25, -0.2) is 4.79 Å². The lowest BCUT2D eigenvalue weighted by Gasteiger charge is -2.41. The average molecular weight is 507 g/mol. The molecule has 204 valence electrons. The van der Waals surface area contributed by atoms with E-state index in [1.54, 1.807) is 4.90 Å². The SMILES string of the molecule is CN1CCN(C(=O)[C@@H]2C[C@H](N(C(=O)[C@@H]3CCCO3)[C@H]3CC[C@@H](C)CC3)CN2C(=O)OC(C)(C)C)CC1. The van der Waals surface area contributed by atoms with Crippen LogP contribution in [0.25, 0.3) is 0 Å². The van der Waals surface area contributed by atoms with E-state index in [-0.39, 0.29) is 23.9 Å². The van der Waals surface area contributed by atoms with Crippen LogP contribution in [0.5, 0.6) is 0 Å². The summed E-state index contributed by atoms with van der Waals surface area (Å²) in [6.45, 7) is 11.7. The molecule has 36 heavy (non-hydrogen) atoms. The van der Waals surface area contributed by atoms with Gasteiger partial charge in [-0.2, -0.15) is 0 Å². The third kappa shape index (κ3) is 6.33. The minimum Gasteiger partial charge on any atom is -0.444 e. The van der Waals surface area contributed by atoms with Gasteiger partial charge in [0.2, 0.25) is 5.91 Å². The zero-order chi connectivity index (χ0) is 26.0. The molecule has 9 heteroatoms. The maximum atomic E-state index is 13.8. The van der Waals surface area contributed by atoms with E-state index < -0.39 is 23.8 Å². The van der Waals surface area contributed by atoms with E-state index in [0.29, 0.717) is 38.6 Å². The van der Waals surface area contributed by atoms with Gasteiger partial charge in [-0.3, -0.25) is 14.5 Å². The predicted octanol–water partition coefficient (Wildman–Crippen LogP) is 2.72. The number of rotatable bonds is 4. The van der Waals surface area contributed by atoms with Gasteiger partial charge in [0.05, 0.1) is 6.04 Å². The van der Waals surface area contributed by atoms with E-state index in [0.717, 1.165) is 51.6 Å².